The van der Waals surface area contributed by atoms with Crippen molar-refractivity contribution in [2.45, 2.75) is 51.6 Å². The molecule has 2 aromatic rings. The summed E-state index contributed by atoms with van der Waals surface area (Å²) in [6.45, 7) is 6.57. The Labute approximate surface area is 149 Å². The monoisotopic (exact) mass is 340 g/mol. The third-order valence-electron chi connectivity index (χ3n) is 6.20. The van der Waals surface area contributed by atoms with Gasteiger partial charge in [0, 0.05) is 36.9 Å². The SMILES string of the molecule is CC1(C)C(Cc2cc(-c3ccccc3)on2)CC1NC1CCOCC1. The lowest BCUT2D eigenvalue weighted by atomic mass is 9.57. The molecular formula is C21H28N2O2. The molecule has 1 saturated carbocycles. The number of nitrogens with zero attached hydrogens (tertiary/aromatic N) is 1. The number of aromatic nitrogens is 1. The zero-order valence-corrected chi connectivity index (χ0v) is 15.2. The number of hydrogen-bond donors (Lipinski definition) is 1. The highest BCUT2D eigenvalue weighted by atomic mass is 16.5. The molecule has 0 spiro atoms. The molecule has 0 radical (unpaired) electrons. The fraction of sp³-hybridized carbons (Fsp3) is 0.571. The quantitative estimate of drug-likeness (QED) is 0.891. The van der Waals surface area contributed by atoms with E-state index in [4.69, 9.17) is 9.26 Å². The van der Waals surface area contributed by atoms with E-state index >= 15 is 0 Å². The van der Waals surface area contributed by atoms with Gasteiger partial charge in [-0.15, -0.1) is 0 Å². The average molecular weight is 340 g/mol. The second-order valence-electron chi connectivity index (χ2n) is 8.11. The maximum atomic E-state index is 5.56. The molecule has 4 nitrogen and oxygen atoms in total. The fourth-order valence-corrected chi connectivity index (χ4v) is 4.19. The van der Waals surface area contributed by atoms with E-state index in [0.29, 0.717) is 23.4 Å². The van der Waals surface area contributed by atoms with Gasteiger partial charge in [-0.1, -0.05) is 49.3 Å². The van der Waals surface area contributed by atoms with Gasteiger partial charge in [0.2, 0.25) is 0 Å². The van der Waals surface area contributed by atoms with Crippen molar-refractivity contribution in [2.24, 2.45) is 11.3 Å². The van der Waals surface area contributed by atoms with Crippen molar-refractivity contribution in [3.8, 4) is 11.3 Å². The zero-order chi connectivity index (χ0) is 17.3. The maximum absolute atomic E-state index is 5.56. The van der Waals surface area contributed by atoms with Crippen molar-refractivity contribution in [1.82, 2.24) is 10.5 Å². The summed E-state index contributed by atoms with van der Waals surface area (Å²) in [7, 11) is 0. The molecule has 1 aromatic heterocycles. The van der Waals surface area contributed by atoms with E-state index in [1.165, 1.54) is 6.42 Å². The van der Waals surface area contributed by atoms with Gasteiger partial charge in [-0.3, -0.25) is 0 Å². The van der Waals surface area contributed by atoms with Gasteiger partial charge in [0.1, 0.15) is 0 Å². The van der Waals surface area contributed by atoms with Crippen molar-refractivity contribution >= 4 is 0 Å². The van der Waals surface area contributed by atoms with Crippen LogP contribution in [-0.4, -0.2) is 30.5 Å². The van der Waals surface area contributed by atoms with Crippen LogP contribution in [0.3, 0.4) is 0 Å². The Balaban J connectivity index is 1.35. The number of nitrogens with one attached hydrogen (secondary N) is 1. The number of hydrogen-bond acceptors (Lipinski definition) is 4. The lowest BCUT2D eigenvalue weighted by Crippen LogP contribution is -2.60. The first kappa shape index (κ1) is 16.8. The third kappa shape index (κ3) is 3.51. The number of rotatable bonds is 5. The lowest BCUT2D eigenvalue weighted by molar-refractivity contribution is -0.00756. The third-order valence-corrected chi connectivity index (χ3v) is 6.20. The lowest BCUT2D eigenvalue weighted by Gasteiger charge is -2.54. The van der Waals surface area contributed by atoms with E-state index < -0.39 is 0 Å². The Morgan fingerprint density at radius 2 is 1.92 bits per heavy atom. The van der Waals surface area contributed by atoms with Crippen molar-refractivity contribution in [3.05, 3.63) is 42.1 Å². The van der Waals surface area contributed by atoms with Crippen LogP contribution in [-0.2, 0) is 11.2 Å². The van der Waals surface area contributed by atoms with Gasteiger partial charge in [0.15, 0.2) is 5.76 Å². The molecule has 2 unspecified atom stereocenters. The van der Waals surface area contributed by atoms with Crippen molar-refractivity contribution in [3.63, 3.8) is 0 Å². The van der Waals surface area contributed by atoms with Gasteiger partial charge in [0.05, 0.1) is 5.69 Å². The molecule has 134 valence electrons. The Kier molecular flexibility index (Phi) is 4.65. The summed E-state index contributed by atoms with van der Waals surface area (Å²) in [5.74, 6) is 1.52. The largest absolute Gasteiger partial charge is 0.381 e. The second kappa shape index (κ2) is 6.93. The van der Waals surface area contributed by atoms with E-state index in [9.17, 15) is 0 Å². The van der Waals surface area contributed by atoms with Crippen LogP contribution in [0.4, 0.5) is 0 Å². The molecule has 2 atom stereocenters. The Morgan fingerprint density at radius 3 is 2.64 bits per heavy atom. The molecule has 2 heterocycles. The van der Waals surface area contributed by atoms with Crippen LogP contribution >= 0.6 is 0 Å². The van der Waals surface area contributed by atoms with Gasteiger partial charge in [0.25, 0.3) is 0 Å². The molecule has 0 amide bonds. The summed E-state index contributed by atoms with van der Waals surface area (Å²) in [5, 5.41) is 8.18. The molecule has 0 bridgehead atoms. The van der Waals surface area contributed by atoms with E-state index in [1.807, 2.05) is 18.2 Å². The minimum Gasteiger partial charge on any atom is -0.381 e. The molecule has 1 aliphatic heterocycles. The molecule has 1 saturated heterocycles. The highest BCUT2D eigenvalue weighted by molar-refractivity contribution is 5.56. The van der Waals surface area contributed by atoms with Crippen molar-refractivity contribution in [2.75, 3.05) is 13.2 Å². The molecular weight excluding hydrogens is 312 g/mol. The Morgan fingerprint density at radius 1 is 1.16 bits per heavy atom. The van der Waals surface area contributed by atoms with Crippen LogP contribution in [0.25, 0.3) is 11.3 Å². The van der Waals surface area contributed by atoms with Crippen molar-refractivity contribution < 1.29 is 9.26 Å². The smallest absolute Gasteiger partial charge is 0.167 e. The van der Waals surface area contributed by atoms with Gasteiger partial charge in [-0.25, -0.2) is 0 Å². The predicted molar refractivity (Wildman–Crippen MR) is 98.3 cm³/mol. The highest BCUT2D eigenvalue weighted by Crippen LogP contribution is 2.48. The van der Waals surface area contributed by atoms with Crippen LogP contribution in [0.5, 0.6) is 0 Å². The molecule has 25 heavy (non-hydrogen) atoms. The van der Waals surface area contributed by atoms with Gasteiger partial charge in [-0.2, -0.15) is 0 Å². The topological polar surface area (TPSA) is 47.3 Å². The van der Waals surface area contributed by atoms with Crippen LogP contribution in [0.15, 0.2) is 40.9 Å². The first-order valence-corrected chi connectivity index (χ1v) is 9.48. The normalized spacial score (nSPS) is 26.3. The van der Waals surface area contributed by atoms with Crippen molar-refractivity contribution in [1.29, 1.82) is 0 Å². The minimum atomic E-state index is 0.296. The van der Waals surface area contributed by atoms with E-state index in [-0.39, 0.29) is 0 Å². The van der Waals surface area contributed by atoms with E-state index in [2.05, 4.69) is 42.5 Å². The first-order chi connectivity index (χ1) is 12.1. The first-order valence-electron chi connectivity index (χ1n) is 9.48. The van der Waals surface area contributed by atoms with Gasteiger partial charge in [-0.05, 0) is 37.0 Å². The molecule has 4 heteroatoms. The zero-order valence-electron chi connectivity index (χ0n) is 15.2. The number of benzene rings is 1. The molecule has 2 aliphatic rings. The van der Waals surface area contributed by atoms with E-state index in [1.54, 1.807) is 0 Å². The molecule has 1 aromatic carbocycles. The maximum Gasteiger partial charge on any atom is 0.167 e. The van der Waals surface area contributed by atoms with Gasteiger partial charge >= 0.3 is 0 Å². The average Bonchev–Trinajstić information content (AvgIpc) is 3.11. The Bertz CT molecular complexity index is 689. The standard InChI is InChI=1S/C21H28N2O2/c1-21(2)16(13-20(21)22-17-8-10-24-11-9-17)12-18-14-19(25-23-18)15-6-4-3-5-7-15/h3-7,14,16-17,20,22H,8-13H2,1-2H3. The summed E-state index contributed by atoms with van der Waals surface area (Å²) in [6, 6.07) is 13.5. The van der Waals surface area contributed by atoms with Crippen LogP contribution < -0.4 is 5.32 Å². The summed E-state index contributed by atoms with van der Waals surface area (Å²) in [6.07, 6.45) is 4.50. The second-order valence-corrected chi connectivity index (χ2v) is 8.11. The summed E-state index contributed by atoms with van der Waals surface area (Å²) in [4.78, 5) is 0. The van der Waals surface area contributed by atoms with Crippen LogP contribution in [0, 0.1) is 11.3 Å². The van der Waals surface area contributed by atoms with Crippen LogP contribution in [0.2, 0.25) is 0 Å². The molecule has 4 rings (SSSR count). The summed E-state index contributed by atoms with van der Waals surface area (Å²) >= 11 is 0. The highest BCUT2D eigenvalue weighted by Gasteiger charge is 2.48. The molecule has 2 fully saturated rings. The summed E-state index contributed by atoms with van der Waals surface area (Å²) in [5.41, 5.74) is 2.46. The fourth-order valence-electron chi connectivity index (χ4n) is 4.19. The number of ether oxygens (including phenoxy) is 1. The minimum absolute atomic E-state index is 0.296. The Hall–Kier alpha value is -1.65. The van der Waals surface area contributed by atoms with Crippen LogP contribution in [0.1, 0.15) is 38.8 Å². The van der Waals surface area contributed by atoms with Gasteiger partial charge < -0.3 is 14.6 Å². The predicted octanol–water partition coefficient (Wildman–Crippen LogP) is 4.07. The molecule has 1 N–H and O–H groups in total. The van der Waals surface area contributed by atoms with E-state index in [0.717, 1.165) is 49.5 Å². The summed E-state index contributed by atoms with van der Waals surface area (Å²) < 4.78 is 11.0. The molecule has 1 aliphatic carbocycles.